The van der Waals surface area contributed by atoms with Crippen LogP contribution in [0, 0.1) is 13.8 Å². The Labute approximate surface area is 164 Å². The molecule has 0 spiro atoms. The number of benzene rings is 1. The number of carbonyl (C=O) groups excluding carboxylic acids is 1. The fourth-order valence-electron chi connectivity index (χ4n) is 3.35. The van der Waals surface area contributed by atoms with Crippen LogP contribution in [0.1, 0.15) is 33.4 Å². The van der Waals surface area contributed by atoms with Crippen LogP contribution >= 0.6 is 11.6 Å². The number of carbonyl (C=O) groups is 1. The smallest absolute Gasteiger partial charge is 0.252 e. The molecular weight excluding hydrogens is 362 g/mol. The first-order valence-corrected chi connectivity index (χ1v) is 9.17. The first-order chi connectivity index (χ1) is 12.8. The van der Waals surface area contributed by atoms with E-state index in [1.807, 2.05) is 70.2 Å². The van der Waals surface area contributed by atoms with Crippen LogP contribution in [-0.4, -0.2) is 46.2 Å². The lowest BCUT2D eigenvalue weighted by atomic mass is 10.0. The first-order valence-electron chi connectivity index (χ1n) is 8.79. The number of rotatable bonds is 5. The lowest BCUT2D eigenvalue weighted by Gasteiger charge is -2.26. The molecule has 0 aliphatic heterocycles. The molecule has 2 heterocycles. The second-order valence-corrected chi connectivity index (χ2v) is 7.34. The minimum absolute atomic E-state index is 0.0314. The normalized spacial score (nSPS) is 12.6. The molecule has 3 rings (SSSR count). The minimum Gasteiger partial charge on any atom is -0.350 e. The Hall–Kier alpha value is -2.44. The fourth-order valence-corrected chi connectivity index (χ4v) is 3.61. The number of hydrogen-bond donors (Lipinski definition) is 1. The predicted octanol–water partition coefficient (Wildman–Crippen LogP) is 3.27. The summed E-state index contributed by atoms with van der Waals surface area (Å²) < 4.78 is 1.71. The molecule has 1 amide bonds. The molecule has 0 saturated carbocycles. The molecule has 6 nitrogen and oxygen atoms in total. The number of aryl methyl sites for hydroxylation is 3. The molecule has 1 aromatic carbocycles. The molecule has 0 fully saturated rings. The summed E-state index contributed by atoms with van der Waals surface area (Å²) in [6.07, 6.45) is 0. The third kappa shape index (κ3) is 3.82. The Morgan fingerprint density at radius 2 is 2.00 bits per heavy atom. The molecule has 142 valence electrons. The van der Waals surface area contributed by atoms with Crippen molar-refractivity contribution < 1.29 is 4.79 Å². The summed E-state index contributed by atoms with van der Waals surface area (Å²) in [6, 6.07) is 9.49. The van der Waals surface area contributed by atoms with Gasteiger partial charge in [0.25, 0.3) is 5.91 Å². The molecule has 0 aliphatic carbocycles. The van der Waals surface area contributed by atoms with Crippen LogP contribution in [0.25, 0.3) is 11.0 Å². The van der Waals surface area contributed by atoms with Crippen molar-refractivity contribution in [3.05, 3.63) is 57.9 Å². The molecule has 0 saturated heterocycles. The third-order valence-corrected chi connectivity index (χ3v) is 5.03. The van der Waals surface area contributed by atoms with Gasteiger partial charge in [0.05, 0.1) is 22.7 Å². The number of halogens is 1. The van der Waals surface area contributed by atoms with Gasteiger partial charge in [-0.05, 0) is 45.6 Å². The number of hydrogen-bond acceptors (Lipinski definition) is 4. The van der Waals surface area contributed by atoms with Crippen LogP contribution in [0.3, 0.4) is 0 Å². The van der Waals surface area contributed by atoms with Crippen molar-refractivity contribution in [2.45, 2.75) is 19.9 Å². The molecule has 1 unspecified atom stereocenters. The van der Waals surface area contributed by atoms with Gasteiger partial charge < -0.3 is 10.2 Å². The molecule has 3 aromatic rings. The van der Waals surface area contributed by atoms with Gasteiger partial charge in [-0.15, -0.1) is 0 Å². The van der Waals surface area contributed by atoms with Crippen LogP contribution in [0.4, 0.5) is 0 Å². The minimum atomic E-state index is -0.138. The summed E-state index contributed by atoms with van der Waals surface area (Å²) in [5.41, 5.74) is 3.87. The van der Waals surface area contributed by atoms with E-state index in [9.17, 15) is 4.79 Å². The van der Waals surface area contributed by atoms with Crippen molar-refractivity contribution in [1.82, 2.24) is 25.0 Å². The van der Waals surface area contributed by atoms with Gasteiger partial charge in [-0.2, -0.15) is 5.10 Å². The topological polar surface area (TPSA) is 63.1 Å². The Morgan fingerprint density at radius 3 is 2.67 bits per heavy atom. The Kier molecular flexibility index (Phi) is 5.48. The zero-order valence-electron chi connectivity index (χ0n) is 16.2. The van der Waals surface area contributed by atoms with Gasteiger partial charge in [0.1, 0.15) is 0 Å². The SMILES string of the molecule is Cc1cc(C(=O)NCC(c2ccccc2Cl)N(C)C)c2c(C)nn(C)c2n1. The van der Waals surface area contributed by atoms with Gasteiger partial charge in [0, 0.05) is 24.3 Å². The molecule has 0 aliphatic rings. The average Bonchev–Trinajstić information content (AvgIpc) is 2.89. The quantitative estimate of drug-likeness (QED) is 0.732. The number of pyridine rings is 1. The van der Waals surface area contributed by atoms with Crippen LogP contribution in [0.15, 0.2) is 30.3 Å². The van der Waals surface area contributed by atoms with Gasteiger partial charge >= 0.3 is 0 Å². The summed E-state index contributed by atoms with van der Waals surface area (Å²) in [4.78, 5) is 19.6. The average molecular weight is 386 g/mol. The van der Waals surface area contributed by atoms with Crippen LogP contribution in [0.2, 0.25) is 5.02 Å². The lowest BCUT2D eigenvalue weighted by Crippen LogP contribution is -2.34. The summed E-state index contributed by atoms with van der Waals surface area (Å²) in [5.74, 6) is -0.138. The Bertz CT molecular complexity index is 995. The van der Waals surface area contributed by atoms with E-state index in [4.69, 9.17) is 11.6 Å². The summed E-state index contributed by atoms with van der Waals surface area (Å²) in [7, 11) is 5.78. The molecule has 7 heteroatoms. The number of nitrogens with one attached hydrogen (secondary N) is 1. The van der Waals surface area contributed by atoms with E-state index >= 15 is 0 Å². The Balaban J connectivity index is 1.89. The van der Waals surface area contributed by atoms with E-state index < -0.39 is 0 Å². The van der Waals surface area contributed by atoms with E-state index in [1.165, 1.54) is 0 Å². The van der Waals surface area contributed by atoms with E-state index in [2.05, 4.69) is 15.4 Å². The van der Waals surface area contributed by atoms with Crippen molar-refractivity contribution in [1.29, 1.82) is 0 Å². The molecule has 0 bridgehead atoms. The van der Waals surface area contributed by atoms with Gasteiger partial charge in [-0.3, -0.25) is 9.48 Å². The molecule has 0 radical (unpaired) electrons. The third-order valence-electron chi connectivity index (χ3n) is 4.68. The van der Waals surface area contributed by atoms with Gasteiger partial charge in [-0.1, -0.05) is 29.8 Å². The first kappa shape index (κ1) is 19.3. The van der Waals surface area contributed by atoms with Gasteiger partial charge in [-0.25, -0.2) is 4.98 Å². The molecule has 2 aromatic heterocycles. The van der Waals surface area contributed by atoms with Crippen LogP contribution < -0.4 is 5.32 Å². The number of fused-ring (bicyclic) bond motifs is 1. The van der Waals surface area contributed by atoms with Crippen molar-refractivity contribution >= 4 is 28.5 Å². The maximum Gasteiger partial charge on any atom is 0.252 e. The number of amides is 1. The highest BCUT2D eigenvalue weighted by atomic mass is 35.5. The van der Waals surface area contributed by atoms with Gasteiger partial charge in [0.2, 0.25) is 0 Å². The highest BCUT2D eigenvalue weighted by molar-refractivity contribution is 6.31. The standard InChI is InChI=1S/C20H24ClN5O/c1-12-10-15(18-13(2)24-26(5)19(18)23-12)20(27)22-11-17(25(3)4)14-8-6-7-9-16(14)21/h6-10,17H,11H2,1-5H3,(H,22,27). The fraction of sp³-hybridized carbons (Fsp3) is 0.350. The highest BCUT2D eigenvalue weighted by Crippen LogP contribution is 2.26. The molecule has 1 N–H and O–H groups in total. The molecule has 27 heavy (non-hydrogen) atoms. The van der Waals surface area contributed by atoms with Crippen molar-refractivity contribution in [3.63, 3.8) is 0 Å². The molecular formula is C20H24ClN5O. The van der Waals surface area contributed by atoms with Crippen molar-refractivity contribution in [3.8, 4) is 0 Å². The monoisotopic (exact) mass is 385 g/mol. The lowest BCUT2D eigenvalue weighted by molar-refractivity contribution is 0.0943. The zero-order chi connectivity index (χ0) is 19.7. The van der Waals surface area contributed by atoms with Crippen molar-refractivity contribution in [2.75, 3.05) is 20.6 Å². The predicted molar refractivity (Wildman–Crippen MR) is 108 cm³/mol. The maximum atomic E-state index is 13.0. The van der Waals surface area contributed by atoms with Crippen LogP contribution in [0.5, 0.6) is 0 Å². The zero-order valence-corrected chi connectivity index (χ0v) is 17.0. The highest BCUT2D eigenvalue weighted by Gasteiger charge is 2.21. The van der Waals surface area contributed by atoms with Crippen molar-refractivity contribution in [2.24, 2.45) is 7.05 Å². The van der Waals surface area contributed by atoms with E-state index in [0.29, 0.717) is 22.8 Å². The summed E-state index contributed by atoms with van der Waals surface area (Å²) in [6.45, 7) is 4.21. The molecule has 1 atom stereocenters. The second kappa shape index (κ2) is 7.66. The van der Waals surface area contributed by atoms with Gasteiger partial charge in [0.15, 0.2) is 5.65 Å². The maximum absolute atomic E-state index is 13.0. The summed E-state index contributed by atoms with van der Waals surface area (Å²) in [5, 5.41) is 8.95. The number of likely N-dealkylation sites (N-methyl/N-ethyl adjacent to an activating group) is 1. The van der Waals surface area contributed by atoms with E-state index in [0.717, 1.165) is 22.3 Å². The Morgan fingerprint density at radius 1 is 1.30 bits per heavy atom. The summed E-state index contributed by atoms with van der Waals surface area (Å²) >= 11 is 6.36. The van der Waals surface area contributed by atoms with E-state index in [1.54, 1.807) is 4.68 Å². The van der Waals surface area contributed by atoms with Crippen LogP contribution in [-0.2, 0) is 7.05 Å². The second-order valence-electron chi connectivity index (χ2n) is 6.93. The van der Waals surface area contributed by atoms with E-state index in [-0.39, 0.29) is 11.9 Å². The number of aromatic nitrogens is 3. The number of nitrogens with zero attached hydrogens (tertiary/aromatic N) is 4. The largest absolute Gasteiger partial charge is 0.350 e.